The van der Waals surface area contributed by atoms with E-state index in [0.29, 0.717) is 19.1 Å². The van der Waals surface area contributed by atoms with Crippen molar-refractivity contribution in [3.8, 4) is 6.07 Å². The summed E-state index contributed by atoms with van der Waals surface area (Å²) in [5, 5.41) is 7.74. The molecule has 0 aliphatic carbocycles. The lowest BCUT2D eigenvalue weighted by Crippen LogP contribution is -2.46. The first-order valence-corrected chi connectivity index (χ1v) is 6.95. The fourth-order valence-electron chi connectivity index (χ4n) is 1.90. The normalized spacial score (nSPS) is 21.9. The summed E-state index contributed by atoms with van der Waals surface area (Å²) in [6.07, 6.45) is 1.68. The molecule has 0 aromatic carbocycles. The largest absolute Gasteiger partial charge is 0.306 e. The topological polar surface area (TPSA) is 64.4 Å². The minimum atomic E-state index is -3.41. The summed E-state index contributed by atoms with van der Waals surface area (Å²) in [6.45, 7) is 2.49. The van der Waals surface area contributed by atoms with Crippen molar-refractivity contribution in [3.63, 3.8) is 0 Å². The molecule has 5 nitrogen and oxygen atoms in total. The average Bonchev–Trinajstić information content (AvgIpc) is 2.28. The summed E-state index contributed by atoms with van der Waals surface area (Å²) in [7, 11) is 0.606. The molecular formula is C10H19N3O2S. The Morgan fingerprint density at radius 1 is 1.38 bits per heavy atom. The zero-order valence-corrected chi connectivity index (χ0v) is 10.9. The van der Waals surface area contributed by atoms with Crippen LogP contribution in [0.3, 0.4) is 0 Å². The molecule has 0 radical (unpaired) electrons. The van der Waals surface area contributed by atoms with Crippen LogP contribution < -0.4 is 0 Å². The average molecular weight is 245 g/mol. The Balaban J connectivity index is 2.65. The second-order valence-corrected chi connectivity index (χ2v) is 6.66. The van der Waals surface area contributed by atoms with Crippen LogP contribution in [-0.2, 0) is 10.0 Å². The lowest BCUT2D eigenvalue weighted by molar-refractivity contribution is 0.196. The van der Waals surface area contributed by atoms with E-state index >= 15 is 0 Å². The molecule has 1 heterocycles. The van der Waals surface area contributed by atoms with Crippen LogP contribution in [0, 0.1) is 11.3 Å². The lowest BCUT2D eigenvalue weighted by atomic mass is 10.1. The molecule has 1 aliphatic heterocycles. The molecule has 1 saturated heterocycles. The first-order valence-electron chi connectivity index (χ1n) is 5.44. The Morgan fingerprint density at radius 2 is 1.88 bits per heavy atom. The molecule has 1 aliphatic rings. The molecule has 0 bridgehead atoms. The number of hydrogen-bond acceptors (Lipinski definition) is 4. The van der Waals surface area contributed by atoms with Gasteiger partial charge in [0.25, 0.3) is 0 Å². The van der Waals surface area contributed by atoms with Gasteiger partial charge in [0.1, 0.15) is 0 Å². The van der Waals surface area contributed by atoms with E-state index in [2.05, 4.69) is 4.90 Å². The molecule has 1 fully saturated rings. The summed E-state index contributed by atoms with van der Waals surface area (Å²) >= 11 is 0. The minimum Gasteiger partial charge on any atom is -0.306 e. The van der Waals surface area contributed by atoms with Gasteiger partial charge in [0.2, 0.25) is 10.0 Å². The monoisotopic (exact) mass is 245 g/mol. The Kier molecular flexibility index (Phi) is 4.30. The van der Waals surface area contributed by atoms with Crippen LogP contribution in [0.4, 0.5) is 0 Å². The number of rotatable bonds is 3. The molecule has 0 aromatic rings. The molecule has 6 heteroatoms. The Bertz CT molecular complexity index is 364. The fourth-order valence-corrected chi connectivity index (χ4v) is 3.20. The van der Waals surface area contributed by atoms with Crippen molar-refractivity contribution in [2.75, 3.05) is 27.2 Å². The molecule has 1 atom stereocenters. The van der Waals surface area contributed by atoms with E-state index < -0.39 is 15.3 Å². The number of sulfonamides is 1. The quantitative estimate of drug-likeness (QED) is 0.715. The maximum atomic E-state index is 11.9. The van der Waals surface area contributed by atoms with Gasteiger partial charge < -0.3 is 4.90 Å². The van der Waals surface area contributed by atoms with Crippen LogP contribution in [0.25, 0.3) is 0 Å². The highest BCUT2D eigenvalue weighted by molar-refractivity contribution is 7.89. The van der Waals surface area contributed by atoms with Gasteiger partial charge in [-0.3, -0.25) is 0 Å². The van der Waals surface area contributed by atoms with E-state index in [0.717, 1.165) is 12.8 Å². The van der Waals surface area contributed by atoms with E-state index in [9.17, 15) is 8.42 Å². The van der Waals surface area contributed by atoms with E-state index in [1.165, 1.54) is 11.2 Å². The predicted octanol–water partition coefficient (Wildman–Crippen LogP) is 0.254. The lowest BCUT2D eigenvalue weighted by Gasteiger charge is -2.34. The zero-order chi connectivity index (χ0) is 12.3. The summed E-state index contributed by atoms with van der Waals surface area (Å²) in [4.78, 5) is 2.12. The van der Waals surface area contributed by atoms with Gasteiger partial charge in [0, 0.05) is 19.1 Å². The van der Waals surface area contributed by atoms with Gasteiger partial charge in [-0.2, -0.15) is 5.26 Å². The van der Waals surface area contributed by atoms with Crippen molar-refractivity contribution < 1.29 is 8.42 Å². The van der Waals surface area contributed by atoms with Crippen molar-refractivity contribution in [1.82, 2.24) is 9.21 Å². The summed E-state index contributed by atoms with van der Waals surface area (Å²) in [6, 6.07) is 2.24. The Hall–Kier alpha value is -0.640. The van der Waals surface area contributed by atoms with E-state index in [1.54, 1.807) is 6.07 Å². The SMILES string of the molecule is CC(C#N)S(=O)(=O)N1CCC(N(C)C)CC1. The molecule has 0 spiro atoms. The molecule has 92 valence electrons. The van der Waals surface area contributed by atoms with Crippen LogP contribution in [0.15, 0.2) is 0 Å². The standard InChI is InChI=1S/C10H19N3O2S/c1-9(8-11)16(14,15)13-6-4-10(5-7-13)12(2)3/h9-10H,4-7H2,1-3H3. The van der Waals surface area contributed by atoms with E-state index in [-0.39, 0.29) is 0 Å². The third kappa shape index (κ3) is 2.73. The van der Waals surface area contributed by atoms with Crippen molar-refractivity contribution in [3.05, 3.63) is 0 Å². The highest BCUT2D eigenvalue weighted by Crippen LogP contribution is 2.19. The van der Waals surface area contributed by atoms with Gasteiger partial charge in [-0.05, 0) is 33.9 Å². The molecule has 1 unspecified atom stereocenters. The number of hydrogen-bond donors (Lipinski definition) is 0. The maximum absolute atomic E-state index is 11.9. The number of nitriles is 1. The first-order chi connectivity index (χ1) is 7.39. The summed E-state index contributed by atoms with van der Waals surface area (Å²) < 4.78 is 25.2. The Morgan fingerprint density at radius 3 is 2.25 bits per heavy atom. The highest BCUT2D eigenvalue weighted by atomic mass is 32.2. The highest BCUT2D eigenvalue weighted by Gasteiger charge is 2.32. The molecule has 0 N–H and O–H groups in total. The number of nitrogens with zero attached hydrogens (tertiary/aromatic N) is 3. The van der Waals surface area contributed by atoms with Gasteiger partial charge in [-0.1, -0.05) is 0 Å². The molecule has 16 heavy (non-hydrogen) atoms. The molecule has 0 aromatic heterocycles. The van der Waals surface area contributed by atoms with Gasteiger partial charge in [0.05, 0.1) is 6.07 Å². The van der Waals surface area contributed by atoms with Crippen LogP contribution in [0.5, 0.6) is 0 Å². The summed E-state index contributed by atoms with van der Waals surface area (Å²) in [5.74, 6) is 0. The third-order valence-electron chi connectivity index (χ3n) is 3.14. The maximum Gasteiger partial charge on any atom is 0.230 e. The van der Waals surface area contributed by atoms with E-state index in [1.807, 2.05) is 14.1 Å². The van der Waals surface area contributed by atoms with Crippen molar-refractivity contribution in [2.24, 2.45) is 0 Å². The predicted molar refractivity (Wildman–Crippen MR) is 62.3 cm³/mol. The Labute approximate surface area is 97.7 Å². The molecular weight excluding hydrogens is 226 g/mol. The molecule has 0 amide bonds. The van der Waals surface area contributed by atoms with E-state index in [4.69, 9.17) is 5.26 Å². The van der Waals surface area contributed by atoms with Gasteiger partial charge in [-0.15, -0.1) is 0 Å². The molecule has 1 rings (SSSR count). The minimum absolute atomic E-state index is 0.448. The fraction of sp³-hybridized carbons (Fsp3) is 0.900. The molecule has 0 saturated carbocycles. The van der Waals surface area contributed by atoms with Crippen molar-refractivity contribution in [1.29, 1.82) is 5.26 Å². The van der Waals surface area contributed by atoms with Crippen molar-refractivity contribution in [2.45, 2.75) is 31.1 Å². The van der Waals surface area contributed by atoms with Gasteiger partial charge in [-0.25, -0.2) is 12.7 Å². The second kappa shape index (κ2) is 5.13. The van der Waals surface area contributed by atoms with Crippen LogP contribution >= 0.6 is 0 Å². The van der Waals surface area contributed by atoms with Gasteiger partial charge >= 0.3 is 0 Å². The van der Waals surface area contributed by atoms with Gasteiger partial charge in [0.15, 0.2) is 5.25 Å². The van der Waals surface area contributed by atoms with Crippen molar-refractivity contribution >= 4 is 10.0 Å². The third-order valence-corrected chi connectivity index (χ3v) is 5.23. The summed E-state index contributed by atoms with van der Waals surface area (Å²) in [5.41, 5.74) is 0. The second-order valence-electron chi connectivity index (χ2n) is 4.41. The van der Waals surface area contributed by atoms with Crippen LogP contribution in [0.2, 0.25) is 0 Å². The first kappa shape index (κ1) is 13.4. The van der Waals surface area contributed by atoms with Crippen LogP contribution in [0.1, 0.15) is 19.8 Å². The van der Waals surface area contributed by atoms with Crippen LogP contribution in [-0.4, -0.2) is 56.1 Å². The number of piperidine rings is 1. The zero-order valence-electron chi connectivity index (χ0n) is 10.0. The smallest absolute Gasteiger partial charge is 0.230 e.